The van der Waals surface area contributed by atoms with E-state index in [2.05, 4.69) is 28.7 Å². The molecule has 1 aromatic heterocycles. The fraction of sp³-hybridized carbons (Fsp3) is 0.600. The molecule has 0 radical (unpaired) electrons. The maximum Gasteiger partial charge on any atom is 0.0753 e. The zero-order valence-corrected chi connectivity index (χ0v) is 9.53. The molecule has 1 aliphatic heterocycles. The summed E-state index contributed by atoms with van der Waals surface area (Å²) in [5.74, 6) is 0.931. The summed E-state index contributed by atoms with van der Waals surface area (Å²) in [7, 11) is 0. The summed E-state index contributed by atoms with van der Waals surface area (Å²) in [4.78, 5) is 0. The first-order valence-corrected chi connectivity index (χ1v) is 6.46. The predicted molar refractivity (Wildman–Crippen MR) is 60.1 cm³/mol. The maximum absolute atomic E-state index is 2.49. The third-order valence-corrected chi connectivity index (χ3v) is 4.57. The average molecular weight is 213 g/mol. The van der Waals surface area contributed by atoms with Crippen LogP contribution < -0.4 is 0 Å². The highest BCUT2D eigenvalue weighted by Crippen LogP contribution is 2.30. The molecule has 0 amide bonds. The van der Waals surface area contributed by atoms with E-state index < -0.39 is 0 Å². The lowest BCUT2D eigenvalue weighted by Gasteiger charge is -2.28. The normalized spacial score (nSPS) is 20.7. The first kappa shape index (κ1) is 9.56. The molecule has 0 unspecified atom stereocenters. The Labute approximate surface area is 88.3 Å². The van der Waals surface area contributed by atoms with Crippen molar-refractivity contribution in [3.63, 3.8) is 0 Å². The van der Waals surface area contributed by atoms with Crippen LogP contribution >= 0.6 is 23.3 Å². The molecule has 1 nitrogen and oxygen atoms in total. The zero-order valence-electron chi connectivity index (χ0n) is 7.90. The van der Waals surface area contributed by atoms with E-state index in [4.69, 9.17) is 0 Å². The van der Waals surface area contributed by atoms with Crippen molar-refractivity contribution in [2.24, 2.45) is 5.92 Å². The van der Waals surface area contributed by atoms with Crippen molar-refractivity contribution in [2.45, 2.75) is 24.0 Å². The fourth-order valence-corrected chi connectivity index (χ4v) is 3.41. The molecule has 0 atom stereocenters. The van der Waals surface area contributed by atoms with Gasteiger partial charge in [-0.05, 0) is 42.2 Å². The van der Waals surface area contributed by atoms with Crippen molar-refractivity contribution in [1.29, 1.82) is 0 Å². The molecule has 2 rings (SSSR count). The van der Waals surface area contributed by atoms with Crippen LogP contribution in [0.1, 0.15) is 19.8 Å². The molecule has 0 saturated carbocycles. The van der Waals surface area contributed by atoms with Crippen LogP contribution in [0.15, 0.2) is 21.7 Å². The van der Waals surface area contributed by atoms with Gasteiger partial charge in [-0.25, -0.2) is 4.31 Å². The van der Waals surface area contributed by atoms with Crippen LogP contribution in [0.3, 0.4) is 0 Å². The molecule has 1 aromatic rings. The van der Waals surface area contributed by atoms with Crippen molar-refractivity contribution in [3.05, 3.63) is 17.5 Å². The number of thiophene rings is 1. The van der Waals surface area contributed by atoms with Crippen LogP contribution in [-0.4, -0.2) is 17.4 Å². The Kier molecular flexibility index (Phi) is 3.30. The van der Waals surface area contributed by atoms with Crippen molar-refractivity contribution >= 4 is 23.3 Å². The summed E-state index contributed by atoms with van der Waals surface area (Å²) in [6, 6.07) is 4.33. The molecule has 1 aliphatic rings. The van der Waals surface area contributed by atoms with Crippen molar-refractivity contribution in [3.8, 4) is 0 Å². The third-order valence-electron chi connectivity index (χ3n) is 2.46. The molecule has 2 heterocycles. The first-order chi connectivity index (χ1) is 6.34. The molecule has 1 saturated heterocycles. The Hall–Kier alpha value is 0.01000. The van der Waals surface area contributed by atoms with Gasteiger partial charge >= 0.3 is 0 Å². The summed E-state index contributed by atoms with van der Waals surface area (Å²) in [6.07, 6.45) is 2.72. The van der Waals surface area contributed by atoms with Gasteiger partial charge in [0, 0.05) is 13.1 Å². The molecule has 0 spiro atoms. The van der Waals surface area contributed by atoms with Gasteiger partial charge in [0.25, 0.3) is 0 Å². The Morgan fingerprint density at radius 1 is 1.46 bits per heavy atom. The molecule has 72 valence electrons. The minimum atomic E-state index is 0.931. The van der Waals surface area contributed by atoms with E-state index in [0.29, 0.717) is 0 Å². The fourth-order valence-electron chi connectivity index (χ4n) is 1.52. The summed E-state index contributed by atoms with van der Waals surface area (Å²) >= 11 is 3.76. The largest absolute Gasteiger partial charge is 0.246 e. The van der Waals surface area contributed by atoms with Gasteiger partial charge in [0.05, 0.1) is 4.21 Å². The second-order valence-electron chi connectivity index (χ2n) is 3.63. The van der Waals surface area contributed by atoms with Crippen LogP contribution in [0.25, 0.3) is 0 Å². The van der Waals surface area contributed by atoms with Gasteiger partial charge in [0.15, 0.2) is 0 Å². The zero-order chi connectivity index (χ0) is 9.10. The van der Waals surface area contributed by atoms with Gasteiger partial charge in [0.1, 0.15) is 0 Å². The van der Waals surface area contributed by atoms with E-state index >= 15 is 0 Å². The molecule has 0 aliphatic carbocycles. The first-order valence-electron chi connectivity index (χ1n) is 4.81. The minimum absolute atomic E-state index is 0.931. The van der Waals surface area contributed by atoms with E-state index in [1.54, 1.807) is 0 Å². The monoisotopic (exact) mass is 213 g/mol. The molecule has 0 aromatic carbocycles. The summed E-state index contributed by atoms with van der Waals surface area (Å²) in [5, 5.41) is 2.15. The van der Waals surface area contributed by atoms with Crippen LogP contribution in [0.5, 0.6) is 0 Å². The second-order valence-corrected chi connectivity index (χ2v) is 5.98. The van der Waals surface area contributed by atoms with Gasteiger partial charge < -0.3 is 0 Å². The maximum atomic E-state index is 2.49. The quantitative estimate of drug-likeness (QED) is 0.692. The molecule has 3 heteroatoms. The summed E-state index contributed by atoms with van der Waals surface area (Å²) in [6.45, 7) is 4.86. The van der Waals surface area contributed by atoms with Crippen LogP contribution in [0, 0.1) is 5.92 Å². The smallest absolute Gasteiger partial charge is 0.0753 e. The molecule has 13 heavy (non-hydrogen) atoms. The highest BCUT2D eigenvalue weighted by molar-refractivity contribution is 7.98. The van der Waals surface area contributed by atoms with Gasteiger partial charge in [0.2, 0.25) is 0 Å². The van der Waals surface area contributed by atoms with E-state index in [-0.39, 0.29) is 0 Å². The lowest BCUT2D eigenvalue weighted by Crippen LogP contribution is -2.26. The third kappa shape index (κ3) is 2.73. The van der Waals surface area contributed by atoms with Gasteiger partial charge in [-0.1, -0.05) is 13.0 Å². The molecule has 1 fully saturated rings. The highest BCUT2D eigenvalue weighted by atomic mass is 32.2. The average Bonchev–Trinajstić information content (AvgIpc) is 2.62. The Bertz CT molecular complexity index is 237. The Morgan fingerprint density at radius 2 is 2.23 bits per heavy atom. The number of hydrogen-bond donors (Lipinski definition) is 0. The Balaban J connectivity index is 1.83. The van der Waals surface area contributed by atoms with Crippen molar-refractivity contribution < 1.29 is 0 Å². The summed E-state index contributed by atoms with van der Waals surface area (Å²) < 4.78 is 3.92. The molecular weight excluding hydrogens is 198 g/mol. The van der Waals surface area contributed by atoms with Crippen molar-refractivity contribution in [1.82, 2.24) is 4.31 Å². The van der Waals surface area contributed by atoms with Crippen molar-refractivity contribution in [2.75, 3.05) is 13.1 Å². The Morgan fingerprint density at radius 3 is 2.85 bits per heavy atom. The van der Waals surface area contributed by atoms with Crippen LogP contribution in [0.4, 0.5) is 0 Å². The van der Waals surface area contributed by atoms with Gasteiger partial charge in [-0.3, -0.25) is 0 Å². The number of rotatable bonds is 2. The molecular formula is C10H15NS2. The molecule has 0 bridgehead atoms. The lowest BCUT2D eigenvalue weighted by atomic mass is 10.0. The van der Waals surface area contributed by atoms with Gasteiger partial charge in [-0.2, -0.15) is 0 Å². The minimum Gasteiger partial charge on any atom is -0.246 e. The SMILES string of the molecule is CC1CCN(Sc2cccs2)CC1. The summed E-state index contributed by atoms with van der Waals surface area (Å²) in [5.41, 5.74) is 0. The lowest BCUT2D eigenvalue weighted by molar-refractivity contribution is 0.308. The van der Waals surface area contributed by atoms with Crippen LogP contribution in [0.2, 0.25) is 0 Å². The van der Waals surface area contributed by atoms with E-state index in [9.17, 15) is 0 Å². The van der Waals surface area contributed by atoms with E-state index in [0.717, 1.165) is 5.92 Å². The van der Waals surface area contributed by atoms with E-state index in [1.807, 2.05) is 23.3 Å². The van der Waals surface area contributed by atoms with Gasteiger partial charge in [-0.15, -0.1) is 11.3 Å². The highest BCUT2D eigenvalue weighted by Gasteiger charge is 2.16. The van der Waals surface area contributed by atoms with E-state index in [1.165, 1.54) is 30.1 Å². The topological polar surface area (TPSA) is 3.24 Å². The van der Waals surface area contributed by atoms with Crippen LogP contribution in [-0.2, 0) is 0 Å². The number of nitrogens with zero attached hydrogens (tertiary/aromatic N) is 1. The number of hydrogen-bond acceptors (Lipinski definition) is 3. The predicted octanol–water partition coefficient (Wildman–Crippen LogP) is 3.49. The standard InChI is InChI=1S/C10H15NS2/c1-9-4-6-11(7-5-9)13-10-3-2-8-12-10/h2-3,8-9H,4-7H2,1H3. The molecule has 0 N–H and O–H groups in total. The number of piperidine rings is 1. The second kappa shape index (κ2) is 4.49.